The van der Waals surface area contributed by atoms with E-state index in [1.165, 1.54) is 11.1 Å². The first-order valence-corrected chi connectivity index (χ1v) is 8.09. The second-order valence-electron chi connectivity index (χ2n) is 5.14. The van der Waals surface area contributed by atoms with E-state index in [-0.39, 0.29) is 0 Å². The zero-order chi connectivity index (χ0) is 15.0. The number of fused-ring (bicyclic) bond motifs is 1. The molecule has 5 heteroatoms. The molecule has 1 aromatic carbocycles. The van der Waals surface area contributed by atoms with Gasteiger partial charge < -0.3 is 0 Å². The molecule has 0 saturated heterocycles. The van der Waals surface area contributed by atoms with Crippen LogP contribution >= 0.6 is 27.5 Å². The maximum atomic E-state index is 5.93. The Labute approximate surface area is 137 Å². The third-order valence-corrected chi connectivity index (χ3v) is 3.94. The van der Waals surface area contributed by atoms with Crippen LogP contribution in [0.3, 0.4) is 0 Å². The quantitative estimate of drug-likeness (QED) is 0.637. The van der Waals surface area contributed by atoms with Crippen molar-refractivity contribution in [3.05, 3.63) is 51.9 Å². The Morgan fingerprint density at radius 2 is 1.86 bits per heavy atom. The zero-order valence-corrected chi connectivity index (χ0v) is 14.2. The number of aryl methyl sites for hydroxylation is 3. The van der Waals surface area contributed by atoms with Crippen molar-refractivity contribution in [3.63, 3.8) is 0 Å². The molecule has 0 unspecified atom stereocenters. The first kappa shape index (κ1) is 14.5. The summed E-state index contributed by atoms with van der Waals surface area (Å²) < 4.78 is 3.03. The van der Waals surface area contributed by atoms with Crippen molar-refractivity contribution in [2.75, 3.05) is 5.88 Å². The van der Waals surface area contributed by atoms with Gasteiger partial charge in [0.2, 0.25) is 0 Å². The molecule has 3 aromatic rings. The van der Waals surface area contributed by atoms with Gasteiger partial charge in [-0.15, -0.1) is 11.6 Å². The van der Waals surface area contributed by atoms with Crippen molar-refractivity contribution in [1.29, 1.82) is 0 Å². The minimum Gasteiger partial charge on any atom is -0.281 e. The first-order valence-electron chi connectivity index (χ1n) is 6.76. The Hall–Kier alpha value is -1.39. The number of rotatable bonds is 3. The number of hydrogen-bond acceptors (Lipinski definition) is 2. The Balaban J connectivity index is 2.30. The number of hydrogen-bond donors (Lipinski definition) is 0. The van der Waals surface area contributed by atoms with Crippen LogP contribution < -0.4 is 0 Å². The van der Waals surface area contributed by atoms with Crippen molar-refractivity contribution in [2.24, 2.45) is 0 Å². The van der Waals surface area contributed by atoms with Crippen molar-refractivity contribution in [3.8, 4) is 5.69 Å². The van der Waals surface area contributed by atoms with Gasteiger partial charge in [0.05, 0.1) is 0 Å². The van der Waals surface area contributed by atoms with Gasteiger partial charge in [0.15, 0.2) is 5.65 Å². The summed E-state index contributed by atoms with van der Waals surface area (Å²) in [6, 6.07) is 8.44. The lowest BCUT2D eigenvalue weighted by atomic mass is 10.1. The van der Waals surface area contributed by atoms with Crippen LogP contribution in [0, 0.1) is 13.8 Å². The molecule has 0 aliphatic carbocycles. The van der Waals surface area contributed by atoms with Crippen LogP contribution in [0.2, 0.25) is 0 Å². The summed E-state index contributed by atoms with van der Waals surface area (Å²) in [5.41, 5.74) is 5.28. The second-order valence-corrected chi connectivity index (χ2v) is 6.44. The number of pyridine rings is 1. The number of alkyl halides is 1. The Morgan fingerprint density at radius 3 is 2.52 bits per heavy atom. The van der Waals surface area contributed by atoms with E-state index < -0.39 is 0 Å². The van der Waals surface area contributed by atoms with Gasteiger partial charge in [-0.25, -0.2) is 9.97 Å². The summed E-state index contributed by atoms with van der Waals surface area (Å²) in [7, 11) is 0. The van der Waals surface area contributed by atoms with Crippen LogP contribution in [0.5, 0.6) is 0 Å². The normalized spacial score (nSPS) is 11.2. The molecule has 2 aromatic heterocycles. The van der Waals surface area contributed by atoms with E-state index >= 15 is 0 Å². The number of halogens is 2. The number of imidazole rings is 1. The van der Waals surface area contributed by atoms with Crippen molar-refractivity contribution in [1.82, 2.24) is 14.5 Å². The number of nitrogens with zero attached hydrogens (tertiary/aromatic N) is 3. The summed E-state index contributed by atoms with van der Waals surface area (Å²) >= 11 is 9.38. The van der Waals surface area contributed by atoms with E-state index in [1.54, 1.807) is 6.20 Å². The highest BCUT2D eigenvalue weighted by Crippen LogP contribution is 2.24. The fourth-order valence-corrected chi connectivity index (χ4v) is 3.08. The molecule has 0 saturated carbocycles. The highest BCUT2D eigenvalue weighted by molar-refractivity contribution is 9.10. The minimum absolute atomic E-state index is 0.537. The van der Waals surface area contributed by atoms with Gasteiger partial charge in [0.1, 0.15) is 11.3 Å². The second kappa shape index (κ2) is 5.78. The van der Waals surface area contributed by atoms with E-state index in [0.717, 1.165) is 27.1 Å². The third-order valence-electron chi connectivity index (χ3n) is 3.32. The lowest BCUT2D eigenvalue weighted by molar-refractivity contribution is 0.903. The number of aromatic nitrogens is 3. The smallest absolute Gasteiger partial charge is 0.164 e. The molecule has 0 radical (unpaired) electrons. The molecule has 3 rings (SSSR count). The van der Waals surface area contributed by atoms with Gasteiger partial charge in [0, 0.05) is 28.7 Å². The summed E-state index contributed by atoms with van der Waals surface area (Å²) in [5.74, 6) is 1.48. The van der Waals surface area contributed by atoms with Gasteiger partial charge in [-0.2, -0.15) is 0 Å². The molecule has 0 amide bonds. The maximum absolute atomic E-state index is 5.93. The van der Waals surface area contributed by atoms with E-state index in [2.05, 4.69) is 62.5 Å². The average Bonchev–Trinajstić information content (AvgIpc) is 2.75. The summed E-state index contributed by atoms with van der Waals surface area (Å²) in [4.78, 5) is 9.21. The van der Waals surface area contributed by atoms with Crippen molar-refractivity contribution < 1.29 is 0 Å². The molecule has 2 heterocycles. The molecule has 0 bridgehead atoms. The molecule has 0 aliphatic heterocycles. The third kappa shape index (κ3) is 2.83. The SMILES string of the molecule is Cc1cc(C)cc(-n2c(CCCl)nc3cc(Br)cnc32)c1. The van der Waals surface area contributed by atoms with Crippen molar-refractivity contribution in [2.45, 2.75) is 20.3 Å². The predicted octanol–water partition coefficient (Wildman–Crippen LogP) is 4.58. The van der Waals surface area contributed by atoms with E-state index in [0.29, 0.717) is 12.3 Å². The molecule has 108 valence electrons. The molecule has 21 heavy (non-hydrogen) atoms. The largest absolute Gasteiger partial charge is 0.281 e. The minimum atomic E-state index is 0.537. The molecule has 0 aliphatic rings. The highest BCUT2D eigenvalue weighted by atomic mass is 79.9. The highest BCUT2D eigenvalue weighted by Gasteiger charge is 2.14. The first-order chi connectivity index (χ1) is 10.1. The fraction of sp³-hybridized carbons (Fsp3) is 0.250. The Bertz CT molecular complexity index is 790. The fourth-order valence-electron chi connectivity index (χ4n) is 2.59. The van der Waals surface area contributed by atoms with Crippen molar-refractivity contribution >= 4 is 38.7 Å². The zero-order valence-electron chi connectivity index (χ0n) is 11.9. The predicted molar refractivity (Wildman–Crippen MR) is 90.5 cm³/mol. The average molecular weight is 365 g/mol. The van der Waals surface area contributed by atoms with Crippen LogP contribution in [0.25, 0.3) is 16.9 Å². The Kier molecular flexibility index (Phi) is 4.00. The summed E-state index contributed by atoms with van der Waals surface area (Å²) in [6.07, 6.45) is 2.51. The molecule has 0 atom stereocenters. The van der Waals surface area contributed by atoms with Gasteiger partial charge in [-0.3, -0.25) is 4.57 Å². The molecular weight excluding hydrogens is 350 g/mol. The summed E-state index contributed by atoms with van der Waals surface area (Å²) in [6.45, 7) is 4.20. The van der Waals surface area contributed by atoms with Crippen LogP contribution in [-0.2, 0) is 6.42 Å². The molecule has 0 fully saturated rings. The standard InChI is InChI=1S/C16H15BrClN3/c1-10-5-11(2)7-13(6-10)21-15(3-4-18)20-14-8-12(17)9-19-16(14)21/h5-9H,3-4H2,1-2H3. The van der Waals surface area contributed by atoms with Crippen LogP contribution in [-0.4, -0.2) is 20.4 Å². The van der Waals surface area contributed by atoms with Gasteiger partial charge >= 0.3 is 0 Å². The van der Waals surface area contributed by atoms with Crippen LogP contribution in [0.4, 0.5) is 0 Å². The van der Waals surface area contributed by atoms with E-state index in [4.69, 9.17) is 11.6 Å². The summed E-state index contributed by atoms with van der Waals surface area (Å²) in [5, 5.41) is 0. The molecule has 0 spiro atoms. The lowest BCUT2D eigenvalue weighted by Gasteiger charge is -2.10. The molecule has 3 nitrogen and oxygen atoms in total. The van der Waals surface area contributed by atoms with Crippen LogP contribution in [0.15, 0.2) is 34.9 Å². The van der Waals surface area contributed by atoms with E-state index in [9.17, 15) is 0 Å². The van der Waals surface area contributed by atoms with Gasteiger partial charge in [-0.1, -0.05) is 6.07 Å². The topological polar surface area (TPSA) is 30.7 Å². The Morgan fingerprint density at radius 1 is 1.14 bits per heavy atom. The molecular formula is C16H15BrClN3. The maximum Gasteiger partial charge on any atom is 0.164 e. The van der Waals surface area contributed by atoms with E-state index in [1.807, 2.05) is 6.07 Å². The van der Waals surface area contributed by atoms with Crippen LogP contribution in [0.1, 0.15) is 17.0 Å². The monoisotopic (exact) mass is 363 g/mol. The van der Waals surface area contributed by atoms with Gasteiger partial charge in [-0.05, 0) is 59.1 Å². The number of benzene rings is 1. The lowest BCUT2D eigenvalue weighted by Crippen LogP contribution is -2.03. The van der Waals surface area contributed by atoms with Gasteiger partial charge in [0.25, 0.3) is 0 Å². The molecule has 0 N–H and O–H groups in total.